The number of aliphatic hydroxyl groups is 1. The van der Waals surface area contributed by atoms with E-state index in [1.807, 2.05) is 0 Å². The Morgan fingerprint density at radius 2 is 2.44 bits per heavy atom. The Morgan fingerprint density at radius 1 is 1.78 bits per heavy atom. The predicted molar refractivity (Wildman–Crippen MR) is 32.9 cm³/mol. The Kier molecular flexibility index (Phi) is 1.71. The summed E-state index contributed by atoms with van der Waals surface area (Å²) in [6, 6.07) is 0. The molecule has 1 amide bonds. The number of rotatable bonds is 0. The molecule has 0 saturated carbocycles. The molecule has 3 nitrogen and oxygen atoms in total. The first kappa shape index (κ1) is 6.55. The van der Waals surface area contributed by atoms with Crippen LogP contribution in [-0.4, -0.2) is 35.6 Å². The van der Waals surface area contributed by atoms with E-state index >= 15 is 0 Å². The molecular formula is C6H11NO2. The second-order valence-corrected chi connectivity index (χ2v) is 2.46. The lowest BCUT2D eigenvalue weighted by molar-refractivity contribution is -0.135. The zero-order chi connectivity index (χ0) is 6.85. The van der Waals surface area contributed by atoms with Crippen LogP contribution in [0.1, 0.15) is 12.8 Å². The van der Waals surface area contributed by atoms with Crippen molar-refractivity contribution in [2.45, 2.75) is 18.9 Å². The van der Waals surface area contributed by atoms with Crippen LogP contribution in [0.25, 0.3) is 0 Å². The van der Waals surface area contributed by atoms with E-state index in [2.05, 4.69) is 0 Å². The number of carbonyl (C=O) groups is 1. The summed E-state index contributed by atoms with van der Waals surface area (Å²) < 4.78 is 0. The van der Waals surface area contributed by atoms with Crippen LogP contribution >= 0.6 is 0 Å². The molecule has 0 aromatic carbocycles. The Hall–Kier alpha value is -0.570. The molecule has 9 heavy (non-hydrogen) atoms. The summed E-state index contributed by atoms with van der Waals surface area (Å²) in [7, 11) is 1.76. The van der Waals surface area contributed by atoms with Gasteiger partial charge in [0, 0.05) is 13.6 Å². The molecule has 1 saturated heterocycles. The third-order valence-electron chi connectivity index (χ3n) is 1.63. The highest BCUT2D eigenvalue weighted by Crippen LogP contribution is 2.08. The molecule has 1 atom stereocenters. The number of hydrogen-bond acceptors (Lipinski definition) is 2. The summed E-state index contributed by atoms with van der Waals surface area (Å²) >= 11 is 0. The number of amides is 1. The van der Waals surface area contributed by atoms with Crippen LogP contribution in [0.4, 0.5) is 0 Å². The summed E-state index contributed by atoms with van der Waals surface area (Å²) in [6.45, 7) is 0.694. The smallest absolute Gasteiger partial charge is 0.224 e. The van der Waals surface area contributed by atoms with Crippen molar-refractivity contribution in [3.8, 4) is 0 Å². The first-order chi connectivity index (χ1) is 4.20. The van der Waals surface area contributed by atoms with E-state index in [0.717, 1.165) is 6.42 Å². The third-order valence-corrected chi connectivity index (χ3v) is 1.63. The van der Waals surface area contributed by atoms with E-state index in [1.165, 1.54) is 0 Å². The van der Waals surface area contributed by atoms with E-state index < -0.39 is 6.10 Å². The van der Waals surface area contributed by atoms with Gasteiger partial charge in [-0.2, -0.15) is 0 Å². The van der Waals surface area contributed by atoms with Crippen molar-refractivity contribution in [2.24, 2.45) is 0 Å². The van der Waals surface area contributed by atoms with Crippen molar-refractivity contribution in [3.05, 3.63) is 0 Å². The lowest BCUT2D eigenvalue weighted by atomic mass is 10.1. The molecule has 1 heterocycles. The molecule has 0 bridgehead atoms. The molecule has 1 fully saturated rings. The molecule has 3 heteroatoms. The Bertz CT molecular complexity index is 124. The maximum Gasteiger partial charge on any atom is 0.224 e. The van der Waals surface area contributed by atoms with Gasteiger partial charge in [-0.3, -0.25) is 4.79 Å². The van der Waals surface area contributed by atoms with Crippen LogP contribution in [0, 0.1) is 0 Å². The summed E-state index contributed by atoms with van der Waals surface area (Å²) in [5, 5.41) is 8.95. The predicted octanol–water partition coefficient (Wildman–Crippen LogP) is -0.401. The molecular weight excluding hydrogens is 118 g/mol. The van der Waals surface area contributed by atoms with Gasteiger partial charge >= 0.3 is 0 Å². The quantitative estimate of drug-likeness (QED) is 0.483. The van der Waals surface area contributed by atoms with Gasteiger partial charge in [0.1, 0.15) is 0 Å². The maximum absolute atomic E-state index is 10.8. The van der Waals surface area contributed by atoms with Gasteiger partial charge in [-0.15, -0.1) is 0 Å². The highest BCUT2D eigenvalue weighted by molar-refractivity contribution is 5.77. The molecule has 1 aliphatic heterocycles. The Balaban J connectivity index is 2.44. The molecule has 1 rings (SSSR count). The van der Waals surface area contributed by atoms with Crippen LogP contribution in [0.15, 0.2) is 0 Å². The van der Waals surface area contributed by atoms with Crippen LogP contribution in [0.5, 0.6) is 0 Å². The summed E-state index contributed by atoms with van der Waals surface area (Å²) in [4.78, 5) is 12.4. The van der Waals surface area contributed by atoms with E-state index in [1.54, 1.807) is 11.9 Å². The molecule has 0 spiro atoms. The first-order valence-corrected chi connectivity index (χ1v) is 3.12. The lowest BCUT2D eigenvalue weighted by Gasteiger charge is -2.25. The summed E-state index contributed by atoms with van der Waals surface area (Å²) in [5.74, 6) is 0.0498. The zero-order valence-electron chi connectivity index (χ0n) is 5.50. The van der Waals surface area contributed by atoms with Gasteiger partial charge in [-0.1, -0.05) is 0 Å². The average molecular weight is 129 g/mol. The van der Waals surface area contributed by atoms with E-state index in [0.29, 0.717) is 13.0 Å². The van der Waals surface area contributed by atoms with Crippen LogP contribution in [0.2, 0.25) is 0 Å². The number of carbonyl (C=O) groups excluding carboxylic acids is 1. The minimum absolute atomic E-state index is 0.0498. The Labute approximate surface area is 54.3 Å². The van der Waals surface area contributed by atoms with Crippen LogP contribution in [-0.2, 0) is 4.79 Å². The van der Waals surface area contributed by atoms with Gasteiger partial charge < -0.3 is 10.0 Å². The summed E-state index contributed by atoms with van der Waals surface area (Å²) in [5.41, 5.74) is 0. The number of aliphatic hydroxyl groups excluding tert-OH is 1. The third kappa shape index (κ3) is 1.42. The van der Waals surface area contributed by atoms with Gasteiger partial charge in [0.25, 0.3) is 0 Å². The zero-order valence-corrected chi connectivity index (χ0v) is 5.50. The van der Waals surface area contributed by atoms with Crippen molar-refractivity contribution in [1.29, 1.82) is 0 Å². The number of likely N-dealkylation sites (tertiary alicyclic amines) is 1. The SMILES string of the molecule is CN1CC[C@@H](O)CC1=O. The highest BCUT2D eigenvalue weighted by Gasteiger charge is 2.20. The van der Waals surface area contributed by atoms with Crippen LogP contribution in [0.3, 0.4) is 0 Å². The fourth-order valence-electron chi connectivity index (χ4n) is 0.927. The number of nitrogens with zero attached hydrogens (tertiary/aromatic N) is 1. The van der Waals surface area contributed by atoms with Gasteiger partial charge in [0.15, 0.2) is 0 Å². The average Bonchev–Trinajstić information content (AvgIpc) is 1.80. The van der Waals surface area contributed by atoms with Crippen LogP contribution < -0.4 is 0 Å². The number of piperidine rings is 1. The topological polar surface area (TPSA) is 40.5 Å². The number of hydrogen-bond donors (Lipinski definition) is 1. The van der Waals surface area contributed by atoms with Crippen molar-refractivity contribution in [2.75, 3.05) is 13.6 Å². The van der Waals surface area contributed by atoms with Crippen molar-refractivity contribution < 1.29 is 9.90 Å². The molecule has 1 aliphatic rings. The minimum Gasteiger partial charge on any atom is -0.393 e. The Morgan fingerprint density at radius 3 is 2.89 bits per heavy atom. The van der Waals surface area contributed by atoms with E-state index in [9.17, 15) is 4.79 Å². The standard InChI is InChI=1S/C6H11NO2/c1-7-3-2-5(8)4-6(7)9/h5,8H,2-4H2,1H3/t5-/m1/s1. The monoisotopic (exact) mass is 129 g/mol. The van der Waals surface area contributed by atoms with Gasteiger partial charge in [0.05, 0.1) is 12.5 Å². The molecule has 0 aliphatic carbocycles. The lowest BCUT2D eigenvalue weighted by Crippen LogP contribution is -2.37. The summed E-state index contributed by atoms with van der Waals surface area (Å²) in [6.07, 6.45) is 0.632. The molecule has 0 unspecified atom stereocenters. The molecule has 52 valence electrons. The minimum atomic E-state index is -0.395. The van der Waals surface area contributed by atoms with Crippen molar-refractivity contribution in [3.63, 3.8) is 0 Å². The fourth-order valence-corrected chi connectivity index (χ4v) is 0.927. The largest absolute Gasteiger partial charge is 0.393 e. The van der Waals surface area contributed by atoms with Gasteiger partial charge in [-0.05, 0) is 6.42 Å². The van der Waals surface area contributed by atoms with Gasteiger partial charge in [-0.25, -0.2) is 0 Å². The van der Waals surface area contributed by atoms with E-state index in [-0.39, 0.29) is 5.91 Å². The van der Waals surface area contributed by atoms with Crippen molar-refractivity contribution in [1.82, 2.24) is 4.90 Å². The highest BCUT2D eigenvalue weighted by atomic mass is 16.3. The molecule has 0 aromatic rings. The van der Waals surface area contributed by atoms with Crippen molar-refractivity contribution >= 4 is 5.91 Å². The second kappa shape index (κ2) is 2.35. The van der Waals surface area contributed by atoms with Gasteiger partial charge in [0.2, 0.25) is 5.91 Å². The second-order valence-electron chi connectivity index (χ2n) is 2.46. The maximum atomic E-state index is 10.8. The molecule has 1 N–H and O–H groups in total. The molecule has 0 radical (unpaired) electrons. The normalized spacial score (nSPS) is 28.9. The van der Waals surface area contributed by atoms with E-state index in [4.69, 9.17) is 5.11 Å². The molecule has 0 aromatic heterocycles. The fraction of sp³-hybridized carbons (Fsp3) is 0.833. The first-order valence-electron chi connectivity index (χ1n) is 3.12.